The van der Waals surface area contributed by atoms with Gasteiger partial charge < -0.3 is 10.6 Å². The van der Waals surface area contributed by atoms with Crippen molar-refractivity contribution < 1.29 is 14.4 Å². The molecule has 2 heterocycles. The molecule has 1 aromatic heterocycles. The van der Waals surface area contributed by atoms with Crippen molar-refractivity contribution in [3.05, 3.63) is 78.1 Å². The smallest absolute Gasteiger partial charge is 0.325 e. The summed E-state index contributed by atoms with van der Waals surface area (Å²) in [6.07, 6.45) is 0. The van der Waals surface area contributed by atoms with Crippen molar-refractivity contribution in [2.75, 3.05) is 11.9 Å². The molecule has 1 aliphatic rings. The Labute approximate surface area is 195 Å². The molecule has 9 nitrogen and oxygen atoms in total. The van der Waals surface area contributed by atoms with Crippen LogP contribution in [0.15, 0.2) is 66.7 Å². The van der Waals surface area contributed by atoms with Crippen LogP contribution in [0.1, 0.15) is 18.3 Å². The van der Waals surface area contributed by atoms with Gasteiger partial charge in [0.1, 0.15) is 17.9 Å². The van der Waals surface area contributed by atoms with Gasteiger partial charge in [0.25, 0.3) is 5.91 Å². The van der Waals surface area contributed by atoms with E-state index in [2.05, 4.69) is 25.8 Å². The van der Waals surface area contributed by atoms with Crippen LogP contribution in [-0.4, -0.2) is 44.5 Å². The standard InChI is InChI=1S/C25H22N6O3/c1-15-26-22(30-29-15)18-8-5-9-20(13-18)27-21(32)14-31-23(33)25(2,28-24(31)34)19-11-10-16-6-3-4-7-17(16)12-19/h3-13H,14H2,1-2H3,(H,27,32)(H,28,34)(H,26,29,30). The first-order valence-corrected chi connectivity index (χ1v) is 10.8. The van der Waals surface area contributed by atoms with E-state index in [0.717, 1.165) is 21.2 Å². The van der Waals surface area contributed by atoms with Crippen molar-refractivity contribution in [1.29, 1.82) is 0 Å². The van der Waals surface area contributed by atoms with Crippen LogP contribution in [-0.2, 0) is 15.1 Å². The number of carbonyl (C=O) groups is 3. The summed E-state index contributed by atoms with van der Waals surface area (Å²) in [6, 6.07) is 19.8. The third kappa shape index (κ3) is 3.77. The van der Waals surface area contributed by atoms with Gasteiger partial charge in [-0.05, 0) is 48.4 Å². The minimum absolute atomic E-state index is 0.405. The largest absolute Gasteiger partial charge is 0.325 e. The van der Waals surface area contributed by atoms with E-state index in [1.807, 2.05) is 48.5 Å². The molecule has 34 heavy (non-hydrogen) atoms. The number of H-pyrrole nitrogens is 1. The number of imide groups is 1. The van der Waals surface area contributed by atoms with E-state index >= 15 is 0 Å². The number of urea groups is 1. The Morgan fingerprint density at radius 3 is 2.59 bits per heavy atom. The number of nitrogens with one attached hydrogen (secondary N) is 3. The molecule has 4 aromatic rings. The second-order valence-corrected chi connectivity index (χ2v) is 8.38. The maximum Gasteiger partial charge on any atom is 0.325 e. The molecule has 1 saturated heterocycles. The Morgan fingerprint density at radius 2 is 1.82 bits per heavy atom. The fourth-order valence-electron chi connectivity index (χ4n) is 4.09. The number of aryl methyl sites for hydroxylation is 1. The molecule has 3 N–H and O–H groups in total. The van der Waals surface area contributed by atoms with Gasteiger partial charge in [0.15, 0.2) is 5.82 Å². The zero-order valence-electron chi connectivity index (χ0n) is 18.6. The van der Waals surface area contributed by atoms with E-state index in [9.17, 15) is 14.4 Å². The fourth-order valence-corrected chi connectivity index (χ4v) is 4.09. The van der Waals surface area contributed by atoms with E-state index in [1.54, 1.807) is 32.0 Å². The Morgan fingerprint density at radius 1 is 1.03 bits per heavy atom. The number of hydrogen-bond acceptors (Lipinski definition) is 5. The van der Waals surface area contributed by atoms with Crippen LogP contribution < -0.4 is 10.6 Å². The highest BCUT2D eigenvalue weighted by atomic mass is 16.2. The van der Waals surface area contributed by atoms with Crippen LogP contribution in [0.25, 0.3) is 22.2 Å². The van der Waals surface area contributed by atoms with E-state index in [4.69, 9.17) is 0 Å². The average Bonchev–Trinajstić information content (AvgIpc) is 3.36. The normalized spacial score (nSPS) is 17.8. The molecule has 0 radical (unpaired) electrons. The van der Waals surface area contributed by atoms with Crippen molar-refractivity contribution in [3.63, 3.8) is 0 Å². The number of aromatic nitrogens is 3. The summed E-state index contributed by atoms with van der Waals surface area (Å²) in [5.74, 6) is 0.216. The van der Waals surface area contributed by atoms with E-state index in [1.165, 1.54) is 0 Å². The number of fused-ring (bicyclic) bond motifs is 1. The van der Waals surface area contributed by atoms with Gasteiger partial charge in [-0.3, -0.25) is 19.6 Å². The minimum atomic E-state index is -1.26. The fraction of sp³-hybridized carbons (Fsp3) is 0.160. The molecule has 1 aliphatic heterocycles. The molecule has 5 rings (SSSR count). The van der Waals surface area contributed by atoms with Gasteiger partial charge in [-0.2, -0.15) is 5.10 Å². The zero-order chi connectivity index (χ0) is 23.9. The third-order valence-electron chi connectivity index (χ3n) is 5.91. The number of rotatable bonds is 5. The molecule has 1 atom stereocenters. The topological polar surface area (TPSA) is 120 Å². The van der Waals surface area contributed by atoms with Gasteiger partial charge in [-0.25, -0.2) is 9.78 Å². The van der Waals surface area contributed by atoms with Crippen LogP contribution in [0.3, 0.4) is 0 Å². The molecular weight excluding hydrogens is 432 g/mol. The lowest BCUT2D eigenvalue weighted by Crippen LogP contribution is -2.42. The lowest BCUT2D eigenvalue weighted by molar-refractivity contribution is -0.133. The van der Waals surface area contributed by atoms with E-state index in [-0.39, 0.29) is 0 Å². The summed E-state index contributed by atoms with van der Waals surface area (Å²) in [4.78, 5) is 43.8. The van der Waals surface area contributed by atoms with E-state index in [0.29, 0.717) is 22.9 Å². The van der Waals surface area contributed by atoms with Gasteiger partial charge in [-0.1, -0.05) is 48.5 Å². The third-order valence-corrected chi connectivity index (χ3v) is 5.91. The van der Waals surface area contributed by atoms with Crippen molar-refractivity contribution in [3.8, 4) is 11.4 Å². The quantitative estimate of drug-likeness (QED) is 0.400. The number of benzene rings is 3. The van der Waals surface area contributed by atoms with Crippen molar-refractivity contribution >= 4 is 34.3 Å². The predicted octanol–water partition coefficient (Wildman–Crippen LogP) is 3.34. The summed E-state index contributed by atoms with van der Waals surface area (Å²) in [6.45, 7) is 3.04. The summed E-state index contributed by atoms with van der Waals surface area (Å²) in [5, 5.41) is 14.4. The molecule has 0 bridgehead atoms. The number of carbonyl (C=O) groups excluding carboxylic acids is 3. The summed E-state index contributed by atoms with van der Waals surface area (Å²) < 4.78 is 0. The van der Waals surface area contributed by atoms with Gasteiger partial charge >= 0.3 is 6.03 Å². The zero-order valence-corrected chi connectivity index (χ0v) is 18.6. The molecule has 1 unspecified atom stereocenters. The molecule has 0 saturated carbocycles. The van der Waals surface area contributed by atoms with Gasteiger partial charge in [-0.15, -0.1) is 0 Å². The Hall–Kier alpha value is -4.53. The van der Waals surface area contributed by atoms with Crippen molar-refractivity contribution in [2.24, 2.45) is 0 Å². The number of anilines is 1. The lowest BCUT2D eigenvalue weighted by atomic mass is 9.90. The predicted molar refractivity (Wildman–Crippen MR) is 127 cm³/mol. The first-order chi connectivity index (χ1) is 16.3. The summed E-state index contributed by atoms with van der Waals surface area (Å²) >= 11 is 0. The molecular formula is C25H22N6O3. The molecule has 1 fully saturated rings. The van der Waals surface area contributed by atoms with Crippen molar-refractivity contribution in [1.82, 2.24) is 25.4 Å². The average molecular weight is 454 g/mol. The second kappa shape index (κ2) is 8.11. The molecule has 4 amide bonds. The Bertz CT molecular complexity index is 1450. The van der Waals surface area contributed by atoms with Crippen LogP contribution in [0.5, 0.6) is 0 Å². The highest BCUT2D eigenvalue weighted by molar-refractivity contribution is 6.10. The van der Waals surface area contributed by atoms with Crippen LogP contribution in [0.2, 0.25) is 0 Å². The summed E-state index contributed by atoms with van der Waals surface area (Å²) in [7, 11) is 0. The maximum atomic E-state index is 13.2. The Kier molecular flexibility index (Phi) is 5.09. The highest BCUT2D eigenvalue weighted by Gasteiger charge is 2.49. The number of amides is 4. The maximum absolute atomic E-state index is 13.2. The molecule has 3 aromatic carbocycles. The number of hydrogen-bond donors (Lipinski definition) is 3. The SMILES string of the molecule is Cc1nc(-c2cccc(NC(=O)CN3C(=O)NC(C)(c4ccc5ccccc5c4)C3=O)c2)n[nH]1. The van der Waals surface area contributed by atoms with Gasteiger partial charge in [0.05, 0.1) is 0 Å². The van der Waals surface area contributed by atoms with Crippen LogP contribution in [0.4, 0.5) is 10.5 Å². The summed E-state index contributed by atoms with van der Waals surface area (Å²) in [5.41, 5.74) is 0.627. The molecule has 0 spiro atoms. The molecule has 9 heteroatoms. The second-order valence-electron chi connectivity index (χ2n) is 8.38. The van der Waals surface area contributed by atoms with Gasteiger partial charge in [0.2, 0.25) is 5.91 Å². The first-order valence-electron chi connectivity index (χ1n) is 10.8. The number of aromatic amines is 1. The molecule has 170 valence electrons. The monoisotopic (exact) mass is 454 g/mol. The van der Waals surface area contributed by atoms with E-state index < -0.39 is 29.9 Å². The first kappa shape index (κ1) is 21.3. The highest BCUT2D eigenvalue weighted by Crippen LogP contribution is 2.31. The van der Waals surface area contributed by atoms with Crippen molar-refractivity contribution in [2.45, 2.75) is 19.4 Å². The van der Waals surface area contributed by atoms with Crippen LogP contribution >= 0.6 is 0 Å². The minimum Gasteiger partial charge on any atom is -0.325 e. The lowest BCUT2D eigenvalue weighted by Gasteiger charge is -2.22. The molecule has 0 aliphatic carbocycles. The van der Waals surface area contributed by atoms with Gasteiger partial charge in [0, 0.05) is 11.3 Å². The number of nitrogens with zero attached hydrogens (tertiary/aromatic N) is 3. The Balaban J connectivity index is 1.32. The van der Waals surface area contributed by atoms with Crippen LogP contribution in [0, 0.1) is 6.92 Å².